The van der Waals surface area contributed by atoms with Gasteiger partial charge in [-0.25, -0.2) is 19.3 Å². The molecule has 0 saturated carbocycles. The Morgan fingerprint density at radius 1 is 1.15 bits per heavy atom. The van der Waals surface area contributed by atoms with Crippen LogP contribution in [0.3, 0.4) is 0 Å². The Morgan fingerprint density at radius 3 is 2.71 bits per heavy atom. The number of pyridine rings is 2. The number of methoxy groups -OCH3 is 1. The average Bonchev–Trinajstić information content (AvgIpc) is 3.29. The summed E-state index contributed by atoms with van der Waals surface area (Å²) >= 11 is 5.88. The second-order valence-electron chi connectivity index (χ2n) is 10.5. The van der Waals surface area contributed by atoms with Gasteiger partial charge in [-0.2, -0.15) is 0 Å². The highest BCUT2D eigenvalue weighted by Crippen LogP contribution is 2.25. The zero-order valence-corrected chi connectivity index (χ0v) is 23.6. The predicted octanol–water partition coefficient (Wildman–Crippen LogP) is 5.01. The molecule has 0 spiro atoms. The van der Waals surface area contributed by atoms with Crippen LogP contribution in [0.2, 0.25) is 5.02 Å². The first-order chi connectivity index (χ1) is 19.9. The molecule has 6 rings (SSSR count). The number of ether oxygens (including phenoxy) is 3. The predicted molar refractivity (Wildman–Crippen MR) is 153 cm³/mol. The van der Waals surface area contributed by atoms with Crippen LogP contribution in [-0.4, -0.2) is 69.3 Å². The van der Waals surface area contributed by atoms with Crippen LogP contribution in [0.5, 0.6) is 5.88 Å². The van der Waals surface area contributed by atoms with Crippen LogP contribution in [0.15, 0.2) is 48.7 Å². The standard InChI is InChI=1S/C30H32ClFN6O3/c1-39-30(33)26-15-25-27(16-34-26)38(17-23-9-12-40-23)28(36-25)18-37-10-7-22(8-11-37)41-29-4-2-3-21(35-29)13-19-5-6-20(31)14-24(19)32/h2-6,14-16,22-23,33H,7-13,17-18H2,1H3/t23-/m0/s1. The van der Waals surface area contributed by atoms with Gasteiger partial charge in [0.2, 0.25) is 11.8 Å². The number of imidazole rings is 1. The van der Waals surface area contributed by atoms with E-state index >= 15 is 0 Å². The second-order valence-corrected chi connectivity index (χ2v) is 10.9. The van der Waals surface area contributed by atoms with E-state index < -0.39 is 0 Å². The zero-order chi connectivity index (χ0) is 28.3. The smallest absolute Gasteiger partial charge is 0.232 e. The van der Waals surface area contributed by atoms with Crippen molar-refractivity contribution < 1.29 is 18.6 Å². The molecule has 3 aromatic heterocycles. The molecule has 2 aliphatic heterocycles. The van der Waals surface area contributed by atoms with Crippen molar-refractivity contribution in [1.29, 1.82) is 5.41 Å². The molecule has 2 fully saturated rings. The number of halogens is 2. The molecule has 41 heavy (non-hydrogen) atoms. The summed E-state index contributed by atoms with van der Waals surface area (Å²) in [5.41, 5.74) is 3.49. The molecular weight excluding hydrogens is 547 g/mol. The fraction of sp³-hybridized carbons (Fsp3) is 0.400. The van der Waals surface area contributed by atoms with Gasteiger partial charge < -0.3 is 18.8 Å². The maximum absolute atomic E-state index is 14.3. The molecule has 1 aromatic carbocycles. The van der Waals surface area contributed by atoms with Gasteiger partial charge in [-0.3, -0.25) is 10.3 Å². The number of piperidine rings is 1. The molecule has 0 unspecified atom stereocenters. The van der Waals surface area contributed by atoms with Crippen LogP contribution in [0, 0.1) is 11.2 Å². The lowest BCUT2D eigenvalue weighted by atomic mass is 10.1. The Morgan fingerprint density at radius 2 is 1.98 bits per heavy atom. The van der Waals surface area contributed by atoms with E-state index in [-0.39, 0.29) is 23.9 Å². The Bertz CT molecular complexity index is 1550. The number of likely N-dealkylation sites (tertiary alicyclic amines) is 1. The van der Waals surface area contributed by atoms with Crippen molar-refractivity contribution in [2.24, 2.45) is 0 Å². The van der Waals surface area contributed by atoms with Gasteiger partial charge in [0, 0.05) is 42.9 Å². The van der Waals surface area contributed by atoms with Gasteiger partial charge >= 0.3 is 0 Å². The highest BCUT2D eigenvalue weighted by atomic mass is 35.5. The van der Waals surface area contributed by atoms with Gasteiger partial charge in [0.05, 0.1) is 43.5 Å². The molecule has 214 valence electrons. The highest BCUT2D eigenvalue weighted by molar-refractivity contribution is 6.30. The first-order valence-corrected chi connectivity index (χ1v) is 14.2. The number of nitrogens with zero attached hydrogens (tertiary/aromatic N) is 5. The lowest BCUT2D eigenvalue weighted by Gasteiger charge is -2.32. The fourth-order valence-corrected chi connectivity index (χ4v) is 5.46. The average molecular weight is 579 g/mol. The maximum Gasteiger partial charge on any atom is 0.232 e. The Balaban J connectivity index is 1.09. The summed E-state index contributed by atoms with van der Waals surface area (Å²) in [5.74, 6) is 1.20. The quantitative estimate of drug-likeness (QED) is 0.220. The third-order valence-corrected chi connectivity index (χ3v) is 7.92. The fourth-order valence-electron chi connectivity index (χ4n) is 5.30. The largest absolute Gasteiger partial charge is 0.480 e. The van der Waals surface area contributed by atoms with Crippen molar-refractivity contribution in [2.45, 2.75) is 51.0 Å². The van der Waals surface area contributed by atoms with Crippen LogP contribution in [-0.2, 0) is 29.0 Å². The number of nitrogens with one attached hydrogen (secondary N) is 1. The molecule has 0 radical (unpaired) electrons. The first kappa shape index (κ1) is 27.6. The number of fused-ring (bicyclic) bond motifs is 1. The molecule has 4 aromatic rings. The molecule has 1 N–H and O–H groups in total. The minimum atomic E-state index is -0.335. The van der Waals surface area contributed by atoms with Gasteiger partial charge in [0.15, 0.2) is 0 Å². The van der Waals surface area contributed by atoms with Crippen LogP contribution < -0.4 is 4.74 Å². The van der Waals surface area contributed by atoms with Crippen LogP contribution in [0.1, 0.15) is 42.0 Å². The summed E-state index contributed by atoms with van der Waals surface area (Å²) < 4.78 is 33.5. The zero-order valence-electron chi connectivity index (χ0n) is 22.9. The molecule has 5 heterocycles. The molecule has 0 amide bonds. The summed E-state index contributed by atoms with van der Waals surface area (Å²) in [6, 6.07) is 12.1. The Hall–Kier alpha value is -3.60. The van der Waals surface area contributed by atoms with Crippen molar-refractivity contribution in [3.8, 4) is 5.88 Å². The lowest BCUT2D eigenvalue weighted by molar-refractivity contribution is -0.0592. The summed E-state index contributed by atoms with van der Waals surface area (Å²) in [6.07, 6.45) is 5.13. The van der Waals surface area contributed by atoms with E-state index in [1.165, 1.54) is 13.2 Å². The van der Waals surface area contributed by atoms with Crippen molar-refractivity contribution in [1.82, 2.24) is 24.4 Å². The van der Waals surface area contributed by atoms with Crippen LogP contribution in [0.4, 0.5) is 4.39 Å². The Labute approximate surface area is 242 Å². The SMILES string of the molecule is COC(=N)c1cc2nc(CN3CCC(Oc4cccc(Cc5ccc(Cl)cc5F)n4)CC3)n(C[C@@H]3CCO3)c2cn1. The molecule has 2 saturated heterocycles. The van der Waals surface area contributed by atoms with Crippen molar-refractivity contribution in [2.75, 3.05) is 26.8 Å². The van der Waals surface area contributed by atoms with Crippen LogP contribution >= 0.6 is 11.6 Å². The number of aromatic nitrogens is 4. The molecular formula is C30H32ClFN6O3. The molecule has 1 atom stereocenters. The highest BCUT2D eigenvalue weighted by Gasteiger charge is 2.26. The summed E-state index contributed by atoms with van der Waals surface area (Å²) in [4.78, 5) is 16.4. The van der Waals surface area contributed by atoms with Gasteiger partial charge in [-0.05, 0) is 49.1 Å². The number of hydrogen-bond acceptors (Lipinski definition) is 8. The number of hydrogen-bond donors (Lipinski definition) is 1. The minimum absolute atomic E-state index is 0.0181. The molecule has 9 nitrogen and oxygen atoms in total. The number of benzene rings is 1. The molecule has 0 aliphatic carbocycles. The normalized spacial score (nSPS) is 17.9. The van der Waals surface area contributed by atoms with Gasteiger partial charge in [-0.1, -0.05) is 23.7 Å². The monoisotopic (exact) mass is 578 g/mol. The van der Waals surface area contributed by atoms with E-state index in [1.54, 1.807) is 18.3 Å². The molecule has 2 aliphatic rings. The third kappa shape index (κ3) is 6.34. The van der Waals surface area contributed by atoms with E-state index in [2.05, 4.69) is 19.4 Å². The van der Waals surface area contributed by atoms with Crippen LogP contribution in [0.25, 0.3) is 11.0 Å². The topological polar surface area (TPSA) is 98.4 Å². The van der Waals surface area contributed by atoms with E-state index in [4.69, 9.17) is 36.2 Å². The Kier molecular flexibility index (Phi) is 8.13. The molecule has 0 bridgehead atoms. The summed E-state index contributed by atoms with van der Waals surface area (Å²) in [7, 11) is 1.47. The third-order valence-electron chi connectivity index (χ3n) is 7.68. The van der Waals surface area contributed by atoms with E-state index in [0.717, 1.165) is 68.1 Å². The van der Waals surface area contributed by atoms with Crippen molar-refractivity contribution in [3.63, 3.8) is 0 Å². The van der Waals surface area contributed by atoms with E-state index in [1.807, 2.05) is 24.3 Å². The van der Waals surface area contributed by atoms with E-state index in [9.17, 15) is 4.39 Å². The number of rotatable bonds is 9. The summed E-state index contributed by atoms with van der Waals surface area (Å²) in [6.45, 7) is 3.95. The lowest BCUT2D eigenvalue weighted by Crippen LogP contribution is -2.39. The molecule has 11 heteroatoms. The maximum atomic E-state index is 14.3. The second kappa shape index (κ2) is 12.1. The van der Waals surface area contributed by atoms with Crippen molar-refractivity contribution >= 4 is 28.5 Å². The van der Waals surface area contributed by atoms with Crippen molar-refractivity contribution in [3.05, 3.63) is 82.3 Å². The van der Waals surface area contributed by atoms with Gasteiger partial charge in [-0.15, -0.1) is 0 Å². The van der Waals surface area contributed by atoms with Gasteiger partial charge in [0.25, 0.3) is 0 Å². The van der Waals surface area contributed by atoms with Gasteiger partial charge in [0.1, 0.15) is 23.4 Å². The first-order valence-electron chi connectivity index (χ1n) is 13.8. The summed E-state index contributed by atoms with van der Waals surface area (Å²) in [5, 5.41) is 8.34. The van der Waals surface area contributed by atoms with E-state index in [0.29, 0.717) is 35.1 Å². The minimum Gasteiger partial charge on any atom is -0.480 e.